The van der Waals surface area contributed by atoms with Gasteiger partial charge in [0.2, 0.25) is 0 Å². The summed E-state index contributed by atoms with van der Waals surface area (Å²) in [7, 11) is 1.63. The summed E-state index contributed by atoms with van der Waals surface area (Å²) in [4.78, 5) is 10.7. The van der Waals surface area contributed by atoms with Crippen LogP contribution in [0.2, 0.25) is 0 Å². The van der Waals surface area contributed by atoms with Crippen molar-refractivity contribution in [1.82, 2.24) is 5.32 Å². The number of nitrogens with one attached hydrogen (secondary N) is 1. The molecule has 1 aliphatic heterocycles. The van der Waals surface area contributed by atoms with Crippen LogP contribution in [-0.4, -0.2) is 32.1 Å². The van der Waals surface area contributed by atoms with Gasteiger partial charge in [-0.1, -0.05) is 0 Å². The average Bonchev–Trinajstić information content (AvgIpc) is 1.88. The molecule has 3 nitrogen and oxygen atoms in total. The molecule has 0 bridgehead atoms. The summed E-state index contributed by atoms with van der Waals surface area (Å²) in [6, 6.07) is 0. The van der Waals surface area contributed by atoms with Crippen LogP contribution in [0.3, 0.4) is 0 Å². The molecule has 0 saturated carbocycles. The number of ketones is 1. The zero-order valence-electron chi connectivity index (χ0n) is 5.52. The average molecular weight is 129 g/mol. The normalized spacial score (nSPS) is 28.6. The van der Waals surface area contributed by atoms with Crippen molar-refractivity contribution in [2.75, 3.05) is 20.2 Å². The molecule has 0 aliphatic carbocycles. The first-order valence-electron chi connectivity index (χ1n) is 3.08. The summed E-state index contributed by atoms with van der Waals surface area (Å²) in [6.45, 7) is 1.32. The number of carbonyl (C=O) groups excluding carboxylic acids is 1. The van der Waals surface area contributed by atoms with E-state index in [4.69, 9.17) is 4.74 Å². The molecule has 1 rings (SSSR count). The lowest BCUT2D eigenvalue weighted by Gasteiger charge is -2.19. The Morgan fingerprint density at radius 2 is 2.56 bits per heavy atom. The molecular weight excluding hydrogens is 118 g/mol. The molecule has 52 valence electrons. The van der Waals surface area contributed by atoms with Crippen LogP contribution >= 0.6 is 0 Å². The van der Waals surface area contributed by atoms with E-state index in [2.05, 4.69) is 5.32 Å². The molecule has 1 saturated heterocycles. The van der Waals surface area contributed by atoms with Crippen molar-refractivity contribution in [2.24, 2.45) is 0 Å². The molecule has 0 radical (unpaired) electrons. The molecule has 0 amide bonds. The van der Waals surface area contributed by atoms with Gasteiger partial charge < -0.3 is 10.1 Å². The van der Waals surface area contributed by atoms with Crippen molar-refractivity contribution in [3.05, 3.63) is 0 Å². The first-order chi connectivity index (χ1) is 4.33. The number of carbonyl (C=O) groups is 1. The zero-order chi connectivity index (χ0) is 6.69. The maximum Gasteiger partial charge on any atom is 0.149 e. The first-order valence-corrected chi connectivity index (χ1v) is 3.08. The monoisotopic (exact) mass is 129 g/mol. The minimum Gasteiger partial charge on any atom is -0.380 e. The number of Topliss-reactive ketones (excluding diaryl/α,β-unsaturated/α-hetero) is 1. The van der Waals surface area contributed by atoms with E-state index in [1.165, 1.54) is 0 Å². The Balaban J connectivity index is 2.32. The van der Waals surface area contributed by atoms with Crippen molar-refractivity contribution in [3.8, 4) is 0 Å². The predicted octanol–water partition coefficient (Wildman–Crippen LogP) is -0.436. The van der Waals surface area contributed by atoms with Gasteiger partial charge in [0, 0.05) is 20.1 Å². The van der Waals surface area contributed by atoms with Gasteiger partial charge in [0.1, 0.15) is 5.78 Å². The molecule has 0 aromatic carbocycles. The van der Waals surface area contributed by atoms with Crippen LogP contribution < -0.4 is 5.32 Å². The fourth-order valence-corrected chi connectivity index (χ4v) is 0.938. The molecule has 1 aliphatic rings. The van der Waals surface area contributed by atoms with Gasteiger partial charge in [-0.15, -0.1) is 0 Å². The Hall–Kier alpha value is -0.410. The van der Waals surface area contributed by atoms with Crippen LogP contribution in [0.15, 0.2) is 0 Å². The van der Waals surface area contributed by atoms with Crippen LogP contribution in [-0.2, 0) is 9.53 Å². The molecule has 0 unspecified atom stereocenters. The van der Waals surface area contributed by atoms with E-state index in [-0.39, 0.29) is 11.9 Å². The Bertz CT molecular complexity index is 114. The molecule has 0 aromatic heterocycles. The molecule has 0 spiro atoms. The summed E-state index contributed by atoms with van der Waals surface area (Å²) in [5.41, 5.74) is 0. The lowest BCUT2D eigenvalue weighted by Crippen LogP contribution is -2.40. The largest absolute Gasteiger partial charge is 0.380 e. The Morgan fingerprint density at radius 3 is 3.00 bits per heavy atom. The maximum atomic E-state index is 10.7. The summed E-state index contributed by atoms with van der Waals surface area (Å²) in [5, 5.41) is 2.96. The predicted molar refractivity (Wildman–Crippen MR) is 33.3 cm³/mol. The topological polar surface area (TPSA) is 38.3 Å². The van der Waals surface area contributed by atoms with E-state index in [1.54, 1.807) is 7.11 Å². The van der Waals surface area contributed by atoms with Gasteiger partial charge in [-0.2, -0.15) is 0 Å². The summed E-state index contributed by atoms with van der Waals surface area (Å²) < 4.78 is 4.98. The van der Waals surface area contributed by atoms with Gasteiger partial charge in [-0.3, -0.25) is 4.79 Å². The number of ether oxygens (including phenoxy) is 1. The molecule has 9 heavy (non-hydrogen) atoms. The van der Waals surface area contributed by atoms with Gasteiger partial charge >= 0.3 is 0 Å². The highest BCUT2D eigenvalue weighted by molar-refractivity contribution is 5.81. The van der Waals surface area contributed by atoms with Gasteiger partial charge in [-0.05, 0) is 0 Å². The lowest BCUT2D eigenvalue weighted by molar-refractivity contribution is -0.122. The summed E-state index contributed by atoms with van der Waals surface area (Å²) in [5.74, 6) is 0.244. The van der Waals surface area contributed by atoms with E-state index in [1.807, 2.05) is 0 Å². The highest BCUT2D eigenvalue weighted by Gasteiger charge is 2.17. The van der Waals surface area contributed by atoms with Gasteiger partial charge in [0.15, 0.2) is 0 Å². The van der Waals surface area contributed by atoms with Crippen molar-refractivity contribution < 1.29 is 9.53 Å². The lowest BCUT2D eigenvalue weighted by atomic mass is 10.1. The summed E-state index contributed by atoms with van der Waals surface area (Å²) >= 11 is 0. The van der Waals surface area contributed by atoms with Crippen LogP contribution in [0.5, 0.6) is 0 Å². The molecule has 3 heteroatoms. The standard InChI is InChI=1S/C6H11NO2/c1-9-6-2-5(8)3-7-4-6/h6-7H,2-4H2,1H3/t6-/m0/s1. The van der Waals surface area contributed by atoms with Crippen LogP contribution in [0, 0.1) is 0 Å². The van der Waals surface area contributed by atoms with E-state index in [9.17, 15) is 4.79 Å². The van der Waals surface area contributed by atoms with E-state index in [0.717, 1.165) is 6.54 Å². The number of hydrogen-bond donors (Lipinski definition) is 1. The quantitative estimate of drug-likeness (QED) is 0.522. The third-order valence-corrected chi connectivity index (χ3v) is 1.48. The SMILES string of the molecule is CO[C@@H]1CNCC(=O)C1. The smallest absolute Gasteiger partial charge is 0.149 e. The van der Waals surface area contributed by atoms with E-state index < -0.39 is 0 Å². The minimum absolute atomic E-state index is 0.103. The van der Waals surface area contributed by atoms with Crippen LogP contribution in [0.4, 0.5) is 0 Å². The second-order valence-electron chi connectivity index (χ2n) is 2.23. The van der Waals surface area contributed by atoms with Crippen LogP contribution in [0.1, 0.15) is 6.42 Å². The number of piperidine rings is 1. The van der Waals surface area contributed by atoms with E-state index in [0.29, 0.717) is 13.0 Å². The van der Waals surface area contributed by atoms with Crippen molar-refractivity contribution in [1.29, 1.82) is 0 Å². The highest BCUT2D eigenvalue weighted by Crippen LogP contribution is 2.00. The van der Waals surface area contributed by atoms with Gasteiger partial charge in [-0.25, -0.2) is 0 Å². The second-order valence-corrected chi connectivity index (χ2v) is 2.23. The molecule has 1 fully saturated rings. The molecule has 1 atom stereocenters. The number of methoxy groups -OCH3 is 1. The molecule has 0 aromatic rings. The molecule has 1 N–H and O–H groups in total. The maximum absolute atomic E-state index is 10.7. The second kappa shape index (κ2) is 2.94. The van der Waals surface area contributed by atoms with Crippen molar-refractivity contribution >= 4 is 5.78 Å². The van der Waals surface area contributed by atoms with Crippen molar-refractivity contribution in [2.45, 2.75) is 12.5 Å². The third-order valence-electron chi connectivity index (χ3n) is 1.48. The zero-order valence-corrected chi connectivity index (χ0v) is 5.52. The number of rotatable bonds is 1. The van der Waals surface area contributed by atoms with Crippen molar-refractivity contribution in [3.63, 3.8) is 0 Å². The Morgan fingerprint density at radius 1 is 1.78 bits per heavy atom. The fraction of sp³-hybridized carbons (Fsp3) is 0.833. The summed E-state index contributed by atoms with van der Waals surface area (Å²) in [6.07, 6.45) is 0.676. The highest BCUT2D eigenvalue weighted by atomic mass is 16.5. The third kappa shape index (κ3) is 1.77. The van der Waals surface area contributed by atoms with E-state index >= 15 is 0 Å². The minimum atomic E-state index is 0.103. The molecular formula is C6H11NO2. The first kappa shape index (κ1) is 6.71. The van der Waals surface area contributed by atoms with Gasteiger partial charge in [0.05, 0.1) is 12.6 Å². The Kier molecular flexibility index (Phi) is 2.19. The fourth-order valence-electron chi connectivity index (χ4n) is 0.938. The van der Waals surface area contributed by atoms with Gasteiger partial charge in [0.25, 0.3) is 0 Å². The Labute approximate surface area is 54.4 Å². The van der Waals surface area contributed by atoms with Crippen LogP contribution in [0.25, 0.3) is 0 Å². The number of hydrogen-bond acceptors (Lipinski definition) is 3. The molecule has 1 heterocycles.